The number of hydrogen-bond acceptors (Lipinski definition) is 4. The van der Waals surface area contributed by atoms with Crippen LogP contribution in [0.1, 0.15) is 12.8 Å². The van der Waals surface area contributed by atoms with Gasteiger partial charge in [-0.3, -0.25) is 9.59 Å². The fourth-order valence-corrected chi connectivity index (χ4v) is 2.31. The number of carbonyl (C=O) groups excluding carboxylic acids is 2. The number of rotatable bonds is 1. The molecular formula is C12H11N3O2. The van der Waals surface area contributed by atoms with Gasteiger partial charge in [0.05, 0.1) is 18.7 Å². The van der Waals surface area contributed by atoms with E-state index in [-0.39, 0.29) is 18.2 Å². The van der Waals surface area contributed by atoms with Crippen LogP contribution in [0.25, 0.3) is 0 Å². The first-order chi connectivity index (χ1) is 8.23. The van der Waals surface area contributed by atoms with Crippen molar-refractivity contribution in [3.63, 3.8) is 0 Å². The van der Waals surface area contributed by atoms with Crippen molar-refractivity contribution in [2.75, 3.05) is 11.4 Å². The maximum Gasteiger partial charge on any atom is 0.264 e. The summed E-state index contributed by atoms with van der Waals surface area (Å²) in [5.41, 5.74) is -0.297. The van der Waals surface area contributed by atoms with Crippen molar-refractivity contribution in [1.82, 2.24) is 0 Å². The molecule has 2 amide bonds. The van der Waals surface area contributed by atoms with E-state index in [1.165, 1.54) is 4.90 Å². The van der Waals surface area contributed by atoms with E-state index >= 15 is 0 Å². The molecule has 0 N–H and O–H groups in total. The third kappa shape index (κ3) is 1.39. The summed E-state index contributed by atoms with van der Waals surface area (Å²) in [6, 6.07) is 8.95. The van der Waals surface area contributed by atoms with Crippen LogP contribution in [0.4, 0.5) is 5.69 Å². The molecule has 5 nitrogen and oxygen atoms in total. The highest BCUT2D eigenvalue weighted by molar-refractivity contribution is 6.24. The number of carbonyl (C=O) groups is 2. The zero-order valence-electron chi connectivity index (χ0n) is 9.17. The van der Waals surface area contributed by atoms with E-state index in [4.69, 9.17) is 0 Å². The molecule has 5 heteroatoms. The van der Waals surface area contributed by atoms with E-state index in [1.54, 1.807) is 24.3 Å². The molecule has 1 atom stereocenters. The second-order valence-corrected chi connectivity index (χ2v) is 4.29. The Morgan fingerprint density at radius 2 is 1.94 bits per heavy atom. The summed E-state index contributed by atoms with van der Waals surface area (Å²) >= 11 is 0. The van der Waals surface area contributed by atoms with Crippen LogP contribution in [0.2, 0.25) is 0 Å². The molecule has 0 aliphatic carbocycles. The standard InChI is InChI=1S/C12H11N3O2/c16-10-8-12(6-7-13-14-12)11(17)15(10)9-4-2-1-3-5-9/h1-5H,6-8H2. The summed E-state index contributed by atoms with van der Waals surface area (Å²) in [7, 11) is 0. The second kappa shape index (κ2) is 3.48. The molecule has 3 rings (SSSR count). The minimum absolute atomic E-state index is 0.143. The van der Waals surface area contributed by atoms with Gasteiger partial charge in [0.2, 0.25) is 5.91 Å². The normalized spacial score (nSPS) is 27.4. The summed E-state index contributed by atoms with van der Waals surface area (Å²) in [5, 5.41) is 7.84. The molecule has 2 heterocycles. The molecule has 1 aromatic carbocycles. The van der Waals surface area contributed by atoms with E-state index in [0.717, 1.165) is 0 Å². The molecule has 0 saturated carbocycles. The van der Waals surface area contributed by atoms with E-state index in [0.29, 0.717) is 18.7 Å². The smallest absolute Gasteiger partial charge is 0.264 e. The van der Waals surface area contributed by atoms with E-state index in [9.17, 15) is 9.59 Å². The number of benzene rings is 1. The van der Waals surface area contributed by atoms with Crippen LogP contribution in [-0.4, -0.2) is 23.9 Å². The van der Waals surface area contributed by atoms with Gasteiger partial charge in [-0.05, 0) is 12.1 Å². The van der Waals surface area contributed by atoms with Gasteiger partial charge in [-0.2, -0.15) is 10.2 Å². The summed E-state index contributed by atoms with van der Waals surface area (Å²) in [4.78, 5) is 25.5. The third-order valence-electron chi connectivity index (χ3n) is 3.20. The molecule has 0 bridgehead atoms. The first kappa shape index (κ1) is 10.1. The average Bonchev–Trinajstić information content (AvgIpc) is 2.88. The van der Waals surface area contributed by atoms with E-state index in [1.807, 2.05) is 6.07 Å². The number of imide groups is 1. The van der Waals surface area contributed by atoms with Gasteiger partial charge in [0.1, 0.15) is 0 Å². The van der Waals surface area contributed by atoms with Crippen molar-refractivity contribution < 1.29 is 9.59 Å². The highest BCUT2D eigenvalue weighted by atomic mass is 16.2. The van der Waals surface area contributed by atoms with Crippen LogP contribution < -0.4 is 4.90 Å². The molecule has 86 valence electrons. The number of hydrogen-bond donors (Lipinski definition) is 0. The van der Waals surface area contributed by atoms with Crippen molar-refractivity contribution in [1.29, 1.82) is 0 Å². The van der Waals surface area contributed by atoms with Gasteiger partial charge in [-0.1, -0.05) is 18.2 Å². The molecular weight excluding hydrogens is 218 g/mol. The van der Waals surface area contributed by atoms with Crippen molar-refractivity contribution in [2.45, 2.75) is 18.4 Å². The molecule has 2 aliphatic heterocycles. The Hall–Kier alpha value is -2.04. The van der Waals surface area contributed by atoms with Gasteiger partial charge in [0, 0.05) is 6.42 Å². The Morgan fingerprint density at radius 3 is 2.59 bits per heavy atom. The average molecular weight is 229 g/mol. The maximum atomic E-state index is 12.3. The van der Waals surface area contributed by atoms with Crippen molar-refractivity contribution in [3.8, 4) is 0 Å². The lowest BCUT2D eigenvalue weighted by atomic mass is 9.96. The largest absolute Gasteiger partial charge is 0.274 e. The summed E-state index contributed by atoms with van der Waals surface area (Å²) in [5.74, 6) is -0.433. The number of amides is 2. The van der Waals surface area contributed by atoms with Crippen molar-refractivity contribution in [3.05, 3.63) is 30.3 Å². The topological polar surface area (TPSA) is 62.1 Å². The molecule has 0 aromatic heterocycles. The van der Waals surface area contributed by atoms with Crippen LogP contribution in [-0.2, 0) is 9.59 Å². The Kier molecular flexibility index (Phi) is 2.07. The zero-order chi connectivity index (χ0) is 11.9. The van der Waals surface area contributed by atoms with Crippen LogP contribution in [0.3, 0.4) is 0 Å². The lowest BCUT2D eigenvalue weighted by Gasteiger charge is -2.17. The van der Waals surface area contributed by atoms with Crippen LogP contribution in [0.15, 0.2) is 40.6 Å². The minimum Gasteiger partial charge on any atom is -0.274 e. The molecule has 1 saturated heterocycles. The molecule has 1 spiro atoms. The van der Waals surface area contributed by atoms with Crippen molar-refractivity contribution >= 4 is 17.5 Å². The van der Waals surface area contributed by atoms with E-state index in [2.05, 4.69) is 10.2 Å². The van der Waals surface area contributed by atoms with Gasteiger partial charge in [-0.25, -0.2) is 4.90 Å². The lowest BCUT2D eigenvalue weighted by Crippen LogP contribution is -2.38. The van der Waals surface area contributed by atoms with Gasteiger partial charge >= 0.3 is 0 Å². The number of azo groups is 1. The molecule has 1 fully saturated rings. The highest BCUT2D eigenvalue weighted by Gasteiger charge is 2.54. The highest BCUT2D eigenvalue weighted by Crippen LogP contribution is 2.37. The predicted molar refractivity (Wildman–Crippen MR) is 60.6 cm³/mol. The Balaban J connectivity index is 2.00. The minimum atomic E-state index is -0.910. The Morgan fingerprint density at radius 1 is 1.18 bits per heavy atom. The Labute approximate surface area is 98.1 Å². The summed E-state index contributed by atoms with van der Waals surface area (Å²) in [6.45, 7) is 0.529. The fourth-order valence-electron chi connectivity index (χ4n) is 2.31. The first-order valence-corrected chi connectivity index (χ1v) is 5.54. The van der Waals surface area contributed by atoms with Crippen LogP contribution >= 0.6 is 0 Å². The molecule has 0 radical (unpaired) electrons. The number of nitrogens with zero attached hydrogens (tertiary/aromatic N) is 3. The third-order valence-corrected chi connectivity index (χ3v) is 3.20. The van der Waals surface area contributed by atoms with Gasteiger partial charge in [-0.15, -0.1) is 0 Å². The molecule has 1 unspecified atom stereocenters. The SMILES string of the molecule is O=C1CC2(CCN=N2)C(=O)N1c1ccccc1. The van der Waals surface area contributed by atoms with Gasteiger partial charge < -0.3 is 0 Å². The molecule has 17 heavy (non-hydrogen) atoms. The molecule has 1 aromatic rings. The number of para-hydroxylation sites is 1. The summed E-state index contributed by atoms with van der Waals surface area (Å²) < 4.78 is 0. The quantitative estimate of drug-likeness (QED) is 0.686. The lowest BCUT2D eigenvalue weighted by molar-refractivity contribution is -0.122. The second-order valence-electron chi connectivity index (χ2n) is 4.29. The monoisotopic (exact) mass is 229 g/mol. The fraction of sp³-hybridized carbons (Fsp3) is 0.333. The van der Waals surface area contributed by atoms with Crippen LogP contribution in [0, 0.1) is 0 Å². The molecule has 2 aliphatic rings. The zero-order valence-corrected chi connectivity index (χ0v) is 9.17. The van der Waals surface area contributed by atoms with Gasteiger partial charge in [0.15, 0.2) is 5.54 Å². The first-order valence-electron chi connectivity index (χ1n) is 5.54. The van der Waals surface area contributed by atoms with Crippen molar-refractivity contribution in [2.24, 2.45) is 10.2 Å². The maximum absolute atomic E-state index is 12.3. The predicted octanol–water partition coefficient (Wildman–Crippen LogP) is 1.54. The summed E-state index contributed by atoms with van der Waals surface area (Å²) in [6.07, 6.45) is 0.686. The van der Waals surface area contributed by atoms with E-state index < -0.39 is 5.54 Å². The number of anilines is 1. The van der Waals surface area contributed by atoms with Crippen LogP contribution in [0.5, 0.6) is 0 Å². The Bertz CT molecular complexity index is 512. The van der Waals surface area contributed by atoms with Gasteiger partial charge in [0.25, 0.3) is 5.91 Å².